The lowest BCUT2D eigenvalue weighted by Crippen LogP contribution is -2.47. The molecule has 3 N–H and O–H groups in total. The molecular formula is C27H30ClN5O2. The van der Waals surface area contributed by atoms with Gasteiger partial charge in [0, 0.05) is 73.2 Å². The summed E-state index contributed by atoms with van der Waals surface area (Å²) < 4.78 is 5.70. The first-order valence-electron chi connectivity index (χ1n) is 12.3. The van der Waals surface area contributed by atoms with Crippen LogP contribution in [0.3, 0.4) is 0 Å². The van der Waals surface area contributed by atoms with Crippen LogP contribution in [0, 0.1) is 0 Å². The average molecular weight is 492 g/mol. The molecule has 0 amide bonds. The molecule has 0 radical (unpaired) electrons. The number of aromatic nitrogens is 1. The number of fused-ring (bicyclic) bond motifs is 3. The van der Waals surface area contributed by atoms with E-state index in [1.807, 2.05) is 18.2 Å². The average Bonchev–Trinajstić information content (AvgIpc) is 3.35. The van der Waals surface area contributed by atoms with Crippen molar-refractivity contribution >= 4 is 39.2 Å². The van der Waals surface area contributed by atoms with Crippen molar-refractivity contribution in [3.8, 4) is 0 Å². The third-order valence-electron chi connectivity index (χ3n) is 7.20. The van der Waals surface area contributed by atoms with Gasteiger partial charge >= 0.3 is 0 Å². The van der Waals surface area contributed by atoms with E-state index >= 15 is 0 Å². The fourth-order valence-corrected chi connectivity index (χ4v) is 5.76. The first kappa shape index (κ1) is 22.8. The highest BCUT2D eigenvalue weighted by atomic mass is 35.5. The Balaban J connectivity index is 1.30. The Morgan fingerprint density at radius 1 is 1.17 bits per heavy atom. The van der Waals surface area contributed by atoms with Crippen molar-refractivity contribution in [3.05, 3.63) is 70.6 Å². The fraction of sp³-hybridized carbons (Fsp3) is 0.370. The van der Waals surface area contributed by atoms with Gasteiger partial charge in [-0.3, -0.25) is 14.8 Å². The molecule has 7 nitrogen and oxygen atoms in total. The maximum Gasteiger partial charge on any atom is 0.157 e. The maximum absolute atomic E-state index is 9.50. The molecule has 2 aromatic heterocycles. The highest BCUT2D eigenvalue weighted by Gasteiger charge is 2.29. The van der Waals surface area contributed by atoms with Crippen LogP contribution >= 0.6 is 11.6 Å². The van der Waals surface area contributed by atoms with Crippen molar-refractivity contribution in [2.75, 3.05) is 51.3 Å². The van der Waals surface area contributed by atoms with Gasteiger partial charge in [-0.15, -0.1) is 0 Å². The summed E-state index contributed by atoms with van der Waals surface area (Å²) in [5.74, 6) is 0. The number of anilines is 1. The van der Waals surface area contributed by atoms with Crippen LogP contribution in [0.1, 0.15) is 22.9 Å². The number of hydrogen-bond acceptors (Lipinski definition) is 7. The molecule has 2 aliphatic rings. The van der Waals surface area contributed by atoms with E-state index in [4.69, 9.17) is 21.0 Å². The number of nitrogens with one attached hydrogen (secondary N) is 2. The number of rotatable bonds is 6. The third kappa shape index (κ3) is 4.50. The molecule has 0 saturated carbocycles. The second-order valence-electron chi connectivity index (χ2n) is 9.43. The van der Waals surface area contributed by atoms with E-state index in [-0.39, 0.29) is 12.6 Å². The number of pyridine rings is 1. The summed E-state index contributed by atoms with van der Waals surface area (Å²) >= 11 is 6.34. The Bertz CT molecular complexity index is 1350. The van der Waals surface area contributed by atoms with Crippen LogP contribution in [-0.4, -0.2) is 65.9 Å². The van der Waals surface area contributed by atoms with E-state index in [9.17, 15) is 5.11 Å². The number of hydrogen-bond donors (Lipinski definition) is 3. The topological polar surface area (TPSA) is 76.8 Å². The molecule has 6 rings (SSSR count). The minimum absolute atomic E-state index is 0.188. The van der Waals surface area contributed by atoms with Crippen LogP contribution in [0.15, 0.2) is 53.1 Å². The third-order valence-corrected chi connectivity index (χ3v) is 7.42. The second kappa shape index (κ2) is 9.76. The van der Waals surface area contributed by atoms with Crippen molar-refractivity contribution < 1.29 is 9.52 Å². The lowest BCUT2D eigenvalue weighted by molar-refractivity contribution is 0.157. The first-order chi connectivity index (χ1) is 17.2. The number of nitrogens with zero attached hydrogens (tertiary/aromatic N) is 3. The predicted molar refractivity (Wildman–Crippen MR) is 140 cm³/mol. The van der Waals surface area contributed by atoms with E-state index in [1.54, 1.807) is 6.26 Å². The number of aliphatic hydroxyl groups is 1. The molecule has 0 aliphatic carbocycles. The highest BCUT2D eigenvalue weighted by molar-refractivity contribution is 6.31. The number of piperazine rings is 1. The van der Waals surface area contributed by atoms with Gasteiger partial charge in [0.25, 0.3) is 0 Å². The van der Waals surface area contributed by atoms with Gasteiger partial charge in [-0.05, 0) is 35.4 Å². The molecule has 8 heteroatoms. The normalized spacial score (nSPS) is 19.3. The van der Waals surface area contributed by atoms with Crippen LogP contribution in [0.4, 0.5) is 5.69 Å². The smallest absolute Gasteiger partial charge is 0.157 e. The minimum Gasteiger partial charge on any atom is -0.462 e. The Labute approximate surface area is 209 Å². The molecule has 182 valence electrons. The van der Waals surface area contributed by atoms with E-state index in [2.05, 4.69) is 44.7 Å². The molecule has 1 fully saturated rings. The summed E-state index contributed by atoms with van der Waals surface area (Å²) in [7, 11) is 0. The van der Waals surface area contributed by atoms with Gasteiger partial charge in [0.05, 0.1) is 30.7 Å². The second-order valence-corrected chi connectivity index (χ2v) is 9.86. The molecule has 35 heavy (non-hydrogen) atoms. The van der Waals surface area contributed by atoms with Crippen LogP contribution in [0.2, 0.25) is 5.02 Å². The highest BCUT2D eigenvalue weighted by Crippen LogP contribution is 2.34. The lowest BCUT2D eigenvalue weighted by atomic mass is 9.90. The fourth-order valence-electron chi connectivity index (χ4n) is 5.54. The number of β-amino-alcohol motifs (C(OH)–C–C–N with tert-alkyl or cyclic N) is 1. The zero-order valence-electron chi connectivity index (χ0n) is 19.6. The molecular weight excluding hydrogens is 462 g/mol. The zero-order valence-corrected chi connectivity index (χ0v) is 20.4. The maximum atomic E-state index is 9.50. The number of furan rings is 1. The summed E-state index contributed by atoms with van der Waals surface area (Å²) in [4.78, 5) is 9.83. The van der Waals surface area contributed by atoms with Gasteiger partial charge in [0.1, 0.15) is 0 Å². The van der Waals surface area contributed by atoms with E-state index in [0.717, 1.165) is 61.3 Å². The summed E-state index contributed by atoms with van der Waals surface area (Å²) in [6, 6.07) is 14.5. The van der Waals surface area contributed by atoms with Crippen LogP contribution in [0.25, 0.3) is 21.9 Å². The molecule has 4 aromatic rings. The molecule has 1 saturated heterocycles. The Morgan fingerprint density at radius 3 is 3.00 bits per heavy atom. The number of aliphatic hydroxyl groups excluding tert-OH is 1. The number of para-hydroxylation sites is 1. The molecule has 1 atom stereocenters. The quantitative estimate of drug-likeness (QED) is 0.376. The van der Waals surface area contributed by atoms with E-state index in [1.165, 1.54) is 22.2 Å². The van der Waals surface area contributed by atoms with Crippen molar-refractivity contribution in [3.63, 3.8) is 0 Å². The molecule has 4 heterocycles. The van der Waals surface area contributed by atoms with Gasteiger partial charge in [0.15, 0.2) is 5.58 Å². The summed E-state index contributed by atoms with van der Waals surface area (Å²) in [5.41, 5.74) is 6.69. The summed E-state index contributed by atoms with van der Waals surface area (Å²) in [5, 5.41) is 19.7. The van der Waals surface area contributed by atoms with E-state index < -0.39 is 0 Å². The van der Waals surface area contributed by atoms with Gasteiger partial charge < -0.3 is 20.2 Å². The van der Waals surface area contributed by atoms with Gasteiger partial charge in [-0.2, -0.15) is 0 Å². The SMILES string of the molecule is OCCN1CCNC(c2c3c(nc4ccccc24)CCN(CNc2cc(Cl)cc4ccoc24)C3)C1. The van der Waals surface area contributed by atoms with Crippen LogP contribution in [-0.2, 0) is 13.0 Å². The largest absolute Gasteiger partial charge is 0.462 e. The van der Waals surface area contributed by atoms with Crippen molar-refractivity contribution in [1.82, 2.24) is 20.1 Å². The number of halogens is 1. The molecule has 0 bridgehead atoms. The van der Waals surface area contributed by atoms with Crippen molar-refractivity contribution in [2.45, 2.75) is 19.0 Å². The Hall–Kier alpha value is -2.68. The van der Waals surface area contributed by atoms with Crippen LogP contribution in [0.5, 0.6) is 0 Å². The van der Waals surface area contributed by atoms with Crippen LogP contribution < -0.4 is 10.6 Å². The van der Waals surface area contributed by atoms with Gasteiger partial charge in [-0.1, -0.05) is 29.8 Å². The van der Waals surface area contributed by atoms with Crippen molar-refractivity contribution in [1.29, 1.82) is 0 Å². The molecule has 2 aromatic carbocycles. The zero-order chi connectivity index (χ0) is 23.8. The van der Waals surface area contributed by atoms with E-state index in [0.29, 0.717) is 18.2 Å². The molecule has 0 spiro atoms. The standard InChI is InChI=1S/C27H30ClN5O2/c28-19-13-18-6-12-35-27(18)24(14-19)30-17-33-8-5-23-21(15-33)26(20-3-1-2-4-22(20)31-23)25-16-32(10-11-34)9-7-29-25/h1-4,6,12-14,25,29-30,34H,5,7-11,15-17H2. The van der Waals surface area contributed by atoms with Crippen molar-refractivity contribution in [2.24, 2.45) is 0 Å². The Morgan fingerprint density at radius 2 is 2.09 bits per heavy atom. The first-order valence-corrected chi connectivity index (χ1v) is 12.7. The Kier molecular flexibility index (Phi) is 6.35. The minimum atomic E-state index is 0.188. The summed E-state index contributed by atoms with van der Waals surface area (Å²) in [6.07, 6.45) is 2.61. The lowest BCUT2D eigenvalue weighted by Gasteiger charge is -2.37. The monoisotopic (exact) mass is 491 g/mol. The molecule has 2 aliphatic heterocycles. The van der Waals surface area contributed by atoms with Gasteiger partial charge in [0.2, 0.25) is 0 Å². The summed E-state index contributed by atoms with van der Waals surface area (Å²) in [6.45, 7) is 6.11. The predicted octanol–water partition coefficient (Wildman–Crippen LogP) is 4.00. The molecule has 1 unspecified atom stereocenters. The van der Waals surface area contributed by atoms with Gasteiger partial charge in [-0.25, -0.2) is 0 Å². The number of benzene rings is 2.